The lowest BCUT2D eigenvalue weighted by atomic mass is 10.3. The third-order valence-electron chi connectivity index (χ3n) is 2.00. The molecule has 7 nitrogen and oxygen atoms in total. The number of nitrogen functional groups attached to an aromatic ring is 1. The topological polar surface area (TPSA) is 124 Å². The van der Waals surface area contributed by atoms with Crippen LogP contribution in [0.2, 0.25) is 5.02 Å². The molecular weight excluding hydrogens is 386 g/mol. The summed E-state index contributed by atoms with van der Waals surface area (Å²) in [5, 5.41) is 0.0450. The van der Waals surface area contributed by atoms with Gasteiger partial charge in [-0.15, -0.1) is 0 Å². The minimum absolute atomic E-state index is 0.0450. The van der Waals surface area contributed by atoms with Crippen LogP contribution in [0.4, 0.5) is 5.69 Å². The molecule has 108 valence electrons. The van der Waals surface area contributed by atoms with Crippen LogP contribution in [-0.4, -0.2) is 33.7 Å². The van der Waals surface area contributed by atoms with E-state index in [0.717, 1.165) is 6.07 Å². The number of sulfone groups is 1. The number of hydrogen-bond donors (Lipinski definition) is 2. The van der Waals surface area contributed by atoms with Gasteiger partial charge in [0.05, 0.1) is 28.0 Å². The zero-order valence-corrected chi connectivity index (χ0v) is 13.2. The Hall–Kier alpha value is -0.390. The van der Waals surface area contributed by atoms with Gasteiger partial charge in [0.25, 0.3) is 0 Å². The second-order valence-electron chi connectivity index (χ2n) is 3.37. The van der Waals surface area contributed by atoms with Crippen molar-refractivity contribution >= 4 is 53.5 Å². The Morgan fingerprint density at radius 2 is 1.89 bits per heavy atom. The van der Waals surface area contributed by atoms with E-state index in [1.165, 1.54) is 6.07 Å². The SMILES string of the molecule is Nc1c(Cl)cc(S(=O)(=O)CCOS(=O)(=O)O)cc1Br. The van der Waals surface area contributed by atoms with Gasteiger partial charge in [-0.05, 0) is 28.1 Å². The molecule has 0 aromatic heterocycles. The van der Waals surface area contributed by atoms with Crippen molar-refractivity contribution in [3.05, 3.63) is 21.6 Å². The molecule has 0 saturated carbocycles. The van der Waals surface area contributed by atoms with Crippen LogP contribution >= 0.6 is 27.5 Å². The van der Waals surface area contributed by atoms with E-state index < -0.39 is 32.6 Å². The van der Waals surface area contributed by atoms with Gasteiger partial charge in [0, 0.05) is 4.47 Å². The van der Waals surface area contributed by atoms with Crippen molar-refractivity contribution in [1.29, 1.82) is 0 Å². The van der Waals surface area contributed by atoms with Gasteiger partial charge in [0.15, 0.2) is 9.84 Å². The third-order valence-corrected chi connectivity index (χ3v) is 5.09. The van der Waals surface area contributed by atoms with Crippen molar-refractivity contribution in [2.75, 3.05) is 18.1 Å². The Labute approximate surface area is 123 Å². The molecule has 0 amide bonds. The maximum Gasteiger partial charge on any atom is 0.397 e. The van der Waals surface area contributed by atoms with E-state index >= 15 is 0 Å². The van der Waals surface area contributed by atoms with Crippen LogP contribution in [0, 0.1) is 0 Å². The Bertz CT molecular complexity index is 664. The number of rotatable bonds is 5. The summed E-state index contributed by atoms with van der Waals surface area (Å²) in [6.07, 6.45) is 0. The van der Waals surface area contributed by atoms with Gasteiger partial charge >= 0.3 is 10.4 Å². The highest BCUT2D eigenvalue weighted by Gasteiger charge is 2.19. The van der Waals surface area contributed by atoms with Crippen LogP contribution in [0.3, 0.4) is 0 Å². The number of hydrogen-bond acceptors (Lipinski definition) is 6. The van der Waals surface area contributed by atoms with E-state index in [0.29, 0.717) is 4.47 Å². The maximum absolute atomic E-state index is 11.9. The van der Waals surface area contributed by atoms with Crippen molar-refractivity contribution in [2.45, 2.75) is 4.90 Å². The summed E-state index contributed by atoms with van der Waals surface area (Å²) in [5.41, 5.74) is 5.73. The molecule has 0 spiro atoms. The first-order valence-corrected chi connectivity index (χ1v) is 8.81. The monoisotopic (exact) mass is 393 g/mol. The second-order valence-corrected chi connectivity index (χ2v) is 7.83. The Balaban J connectivity index is 2.95. The summed E-state index contributed by atoms with van der Waals surface area (Å²) in [5.74, 6) is -0.639. The van der Waals surface area contributed by atoms with Crippen LogP contribution in [-0.2, 0) is 24.4 Å². The number of nitrogens with two attached hydrogens (primary N) is 1. The fraction of sp³-hybridized carbons (Fsp3) is 0.250. The van der Waals surface area contributed by atoms with E-state index in [-0.39, 0.29) is 15.6 Å². The molecule has 1 aromatic rings. The van der Waals surface area contributed by atoms with E-state index in [2.05, 4.69) is 20.1 Å². The van der Waals surface area contributed by atoms with Crippen molar-refractivity contribution < 1.29 is 25.6 Å². The van der Waals surface area contributed by atoms with E-state index in [1.807, 2.05) is 0 Å². The van der Waals surface area contributed by atoms with Gasteiger partial charge in [-0.25, -0.2) is 12.6 Å². The van der Waals surface area contributed by atoms with Gasteiger partial charge in [0.2, 0.25) is 0 Å². The maximum atomic E-state index is 11.9. The molecule has 1 aromatic carbocycles. The summed E-state index contributed by atoms with van der Waals surface area (Å²) in [6, 6.07) is 2.38. The van der Waals surface area contributed by atoms with Gasteiger partial charge in [-0.1, -0.05) is 11.6 Å². The Morgan fingerprint density at radius 3 is 2.37 bits per heavy atom. The van der Waals surface area contributed by atoms with E-state index in [1.54, 1.807) is 0 Å². The number of anilines is 1. The molecule has 3 N–H and O–H groups in total. The Kier molecular flexibility index (Phi) is 5.21. The molecule has 19 heavy (non-hydrogen) atoms. The van der Waals surface area contributed by atoms with Crippen LogP contribution in [0.1, 0.15) is 0 Å². The molecule has 1 rings (SSSR count). The molecule has 0 aliphatic heterocycles. The molecule has 0 fully saturated rings. The molecule has 0 heterocycles. The average molecular weight is 395 g/mol. The molecule has 0 saturated heterocycles. The highest BCUT2D eigenvalue weighted by atomic mass is 79.9. The lowest BCUT2D eigenvalue weighted by Crippen LogP contribution is -2.15. The molecule has 0 aliphatic rings. The van der Waals surface area contributed by atoms with E-state index in [4.69, 9.17) is 21.9 Å². The van der Waals surface area contributed by atoms with E-state index in [9.17, 15) is 16.8 Å². The fourth-order valence-corrected chi connectivity index (χ4v) is 3.65. The van der Waals surface area contributed by atoms with Crippen LogP contribution in [0.15, 0.2) is 21.5 Å². The fourth-order valence-electron chi connectivity index (χ4n) is 1.11. The van der Waals surface area contributed by atoms with Crippen molar-refractivity contribution in [2.24, 2.45) is 0 Å². The normalized spacial score (nSPS) is 12.6. The first kappa shape index (κ1) is 16.7. The lowest BCUT2D eigenvalue weighted by molar-refractivity contribution is 0.284. The summed E-state index contributed by atoms with van der Waals surface area (Å²) in [7, 11) is -8.49. The van der Waals surface area contributed by atoms with Crippen molar-refractivity contribution in [3.63, 3.8) is 0 Å². The lowest BCUT2D eigenvalue weighted by Gasteiger charge is -2.07. The van der Waals surface area contributed by atoms with Gasteiger partial charge in [-0.2, -0.15) is 8.42 Å². The zero-order valence-electron chi connectivity index (χ0n) is 9.21. The molecule has 0 radical (unpaired) electrons. The predicted octanol–water partition coefficient (Wildman–Crippen LogP) is 1.28. The van der Waals surface area contributed by atoms with Crippen LogP contribution in [0.5, 0.6) is 0 Å². The zero-order chi connectivity index (χ0) is 14.8. The highest BCUT2D eigenvalue weighted by molar-refractivity contribution is 9.10. The first-order valence-electron chi connectivity index (χ1n) is 4.62. The largest absolute Gasteiger partial charge is 0.397 e. The molecule has 0 atom stereocenters. The molecule has 0 aliphatic carbocycles. The third kappa shape index (κ3) is 4.89. The standard InChI is InChI=1S/C8H9BrClNO6S2/c9-6-3-5(4-7(10)8(6)11)18(12,13)2-1-17-19(14,15)16/h3-4H,1-2,11H2,(H,14,15,16). The Morgan fingerprint density at radius 1 is 1.32 bits per heavy atom. The quantitative estimate of drug-likeness (QED) is 0.569. The smallest absolute Gasteiger partial charge is 0.397 e. The second kappa shape index (κ2) is 5.94. The van der Waals surface area contributed by atoms with Crippen LogP contribution in [0.25, 0.3) is 0 Å². The molecule has 0 bridgehead atoms. The summed E-state index contributed by atoms with van der Waals surface area (Å²) in [6.45, 7) is -0.708. The van der Waals surface area contributed by atoms with Crippen molar-refractivity contribution in [1.82, 2.24) is 0 Å². The molecule has 11 heteroatoms. The summed E-state index contributed by atoms with van der Waals surface area (Å²) in [4.78, 5) is -0.141. The minimum Gasteiger partial charge on any atom is -0.397 e. The molecule has 0 unspecified atom stereocenters. The predicted molar refractivity (Wildman–Crippen MR) is 73.1 cm³/mol. The van der Waals surface area contributed by atoms with Gasteiger partial charge < -0.3 is 5.73 Å². The number of halogens is 2. The molecular formula is C8H9BrClNO6S2. The average Bonchev–Trinajstić information content (AvgIpc) is 2.22. The van der Waals surface area contributed by atoms with Gasteiger partial charge in [0.1, 0.15) is 0 Å². The van der Waals surface area contributed by atoms with Gasteiger partial charge in [-0.3, -0.25) is 4.55 Å². The summed E-state index contributed by atoms with van der Waals surface area (Å²) < 4.78 is 56.9. The van der Waals surface area contributed by atoms with Crippen LogP contribution < -0.4 is 5.73 Å². The van der Waals surface area contributed by atoms with Crippen molar-refractivity contribution in [3.8, 4) is 0 Å². The minimum atomic E-state index is -4.67. The number of benzene rings is 1. The first-order chi connectivity index (χ1) is 8.53. The highest BCUT2D eigenvalue weighted by Crippen LogP contribution is 2.31. The summed E-state index contributed by atoms with van der Waals surface area (Å²) >= 11 is 8.79.